The second kappa shape index (κ2) is 4.71. The highest BCUT2D eigenvalue weighted by molar-refractivity contribution is 5.94. The number of hydrogen-bond acceptors (Lipinski definition) is 3. The minimum absolute atomic E-state index is 0.0971. The number of fused-ring (bicyclic) bond motifs is 1. The van der Waals surface area contributed by atoms with Crippen LogP contribution < -0.4 is 5.73 Å². The molecule has 1 amide bonds. The highest BCUT2D eigenvalue weighted by Gasteiger charge is 2.23. The van der Waals surface area contributed by atoms with Gasteiger partial charge in [0, 0.05) is 24.7 Å². The highest BCUT2D eigenvalue weighted by Crippen LogP contribution is 2.22. The van der Waals surface area contributed by atoms with E-state index in [1.165, 1.54) is 5.56 Å². The molecule has 96 valence electrons. The summed E-state index contributed by atoms with van der Waals surface area (Å²) in [4.78, 5) is 14.2. The van der Waals surface area contributed by atoms with Crippen molar-refractivity contribution in [2.75, 3.05) is 13.1 Å². The topological polar surface area (TPSA) is 55.6 Å². The standard InChI is InChI=1S/C14H18N2O2/c15-13-2-1-5-16(7-13)14(17)10-3-4-11-8-18-9-12(11)6-10/h3-4,6,13H,1-2,5,7-9,15H2. The van der Waals surface area contributed by atoms with Crippen molar-refractivity contribution in [3.8, 4) is 0 Å². The summed E-state index contributed by atoms with van der Waals surface area (Å²) in [5.41, 5.74) is 9.01. The minimum Gasteiger partial charge on any atom is -0.372 e. The molecule has 0 radical (unpaired) electrons. The first-order valence-corrected chi connectivity index (χ1v) is 6.48. The summed E-state index contributed by atoms with van der Waals surface area (Å²) in [5, 5.41) is 0. The molecule has 1 atom stereocenters. The molecule has 2 N–H and O–H groups in total. The van der Waals surface area contributed by atoms with Crippen LogP contribution in [0.2, 0.25) is 0 Å². The number of nitrogens with two attached hydrogens (primary N) is 1. The van der Waals surface area contributed by atoms with Crippen LogP contribution in [-0.2, 0) is 18.0 Å². The fourth-order valence-electron chi connectivity index (χ4n) is 2.68. The van der Waals surface area contributed by atoms with Gasteiger partial charge >= 0.3 is 0 Å². The molecule has 1 aromatic carbocycles. The van der Waals surface area contributed by atoms with Crippen LogP contribution in [-0.4, -0.2) is 29.9 Å². The Morgan fingerprint density at radius 2 is 2.17 bits per heavy atom. The third kappa shape index (κ3) is 2.13. The van der Waals surface area contributed by atoms with E-state index in [4.69, 9.17) is 10.5 Å². The Labute approximate surface area is 107 Å². The summed E-state index contributed by atoms with van der Waals surface area (Å²) in [5.74, 6) is 0.0971. The van der Waals surface area contributed by atoms with E-state index < -0.39 is 0 Å². The molecule has 0 bridgehead atoms. The van der Waals surface area contributed by atoms with E-state index in [0.717, 1.165) is 30.5 Å². The van der Waals surface area contributed by atoms with Gasteiger partial charge in [0.2, 0.25) is 0 Å². The van der Waals surface area contributed by atoms with Crippen LogP contribution in [0.3, 0.4) is 0 Å². The fourth-order valence-corrected chi connectivity index (χ4v) is 2.68. The molecule has 1 fully saturated rings. The molecular weight excluding hydrogens is 228 g/mol. The molecule has 0 spiro atoms. The summed E-state index contributed by atoms with van der Waals surface area (Å²) >= 11 is 0. The summed E-state index contributed by atoms with van der Waals surface area (Å²) in [7, 11) is 0. The molecule has 3 rings (SSSR count). The van der Waals surface area contributed by atoms with Crippen LogP contribution in [0, 0.1) is 0 Å². The largest absolute Gasteiger partial charge is 0.372 e. The molecular formula is C14H18N2O2. The molecule has 1 aromatic rings. The molecule has 2 aliphatic heterocycles. The van der Waals surface area contributed by atoms with Gasteiger partial charge in [0.15, 0.2) is 0 Å². The van der Waals surface area contributed by atoms with Gasteiger partial charge in [-0.05, 0) is 36.1 Å². The number of piperidine rings is 1. The Morgan fingerprint density at radius 3 is 3.00 bits per heavy atom. The van der Waals surface area contributed by atoms with Crippen molar-refractivity contribution in [1.82, 2.24) is 4.90 Å². The summed E-state index contributed by atoms with van der Waals surface area (Å²) in [6.07, 6.45) is 2.02. The molecule has 4 heteroatoms. The van der Waals surface area contributed by atoms with Gasteiger partial charge in [-0.1, -0.05) is 6.07 Å². The van der Waals surface area contributed by atoms with Crippen LogP contribution >= 0.6 is 0 Å². The molecule has 0 saturated carbocycles. The van der Waals surface area contributed by atoms with E-state index >= 15 is 0 Å². The fraction of sp³-hybridized carbons (Fsp3) is 0.500. The molecule has 1 unspecified atom stereocenters. The van der Waals surface area contributed by atoms with Crippen molar-refractivity contribution in [3.05, 3.63) is 34.9 Å². The lowest BCUT2D eigenvalue weighted by Gasteiger charge is -2.30. The Bertz CT molecular complexity index is 473. The predicted octanol–water partition coefficient (Wildman–Crippen LogP) is 1.28. The summed E-state index contributed by atoms with van der Waals surface area (Å²) < 4.78 is 5.37. The number of amides is 1. The van der Waals surface area contributed by atoms with Gasteiger partial charge in [0.05, 0.1) is 13.2 Å². The van der Waals surface area contributed by atoms with Crippen molar-refractivity contribution in [1.29, 1.82) is 0 Å². The maximum Gasteiger partial charge on any atom is 0.253 e. The number of ether oxygens (including phenoxy) is 1. The Hall–Kier alpha value is -1.39. The first-order valence-electron chi connectivity index (χ1n) is 6.48. The van der Waals surface area contributed by atoms with Crippen LogP contribution in [0.1, 0.15) is 34.3 Å². The molecule has 2 aliphatic rings. The first-order chi connectivity index (χ1) is 8.74. The molecule has 0 aliphatic carbocycles. The second-order valence-electron chi connectivity index (χ2n) is 5.13. The van der Waals surface area contributed by atoms with Gasteiger partial charge in [-0.25, -0.2) is 0 Å². The number of likely N-dealkylation sites (tertiary alicyclic amines) is 1. The van der Waals surface area contributed by atoms with E-state index in [0.29, 0.717) is 19.8 Å². The van der Waals surface area contributed by atoms with Gasteiger partial charge in [0.1, 0.15) is 0 Å². The zero-order chi connectivity index (χ0) is 12.5. The SMILES string of the molecule is NC1CCCN(C(=O)c2ccc3c(c2)COC3)C1. The number of hydrogen-bond donors (Lipinski definition) is 1. The van der Waals surface area contributed by atoms with Gasteiger partial charge in [-0.3, -0.25) is 4.79 Å². The van der Waals surface area contributed by atoms with Gasteiger partial charge in [-0.15, -0.1) is 0 Å². The van der Waals surface area contributed by atoms with Crippen molar-refractivity contribution >= 4 is 5.91 Å². The maximum atomic E-state index is 12.4. The van der Waals surface area contributed by atoms with Crippen molar-refractivity contribution < 1.29 is 9.53 Å². The average Bonchev–Trinajstić information content (AvgIpc) is 2.85. The predicted molar refractivity (Wildman–Crippen MR) is 68.0 cm³/mol. The van der Waals surface area contributed by atoms with E-state index in [1.54, 1.807) is 0 Å². The number of rotatable bonds is 1. The zero-order valence-electron chi connectivity index (χ0n) is 10.4. The van der Waals surface area contributed by atoms with Crippen molar-refractivity contribution in [3.63, 3.8) is 0 Å². The maximum absolute atomic E-state index is 12.4. The van der Waals surface area contributed by atoms with Crippen LogP contribution in [0.25, 0.3) is 0 Å². The van der Waals surface area contributed by atoms with Crippen LogP contribution in [0.15, 0.2) is 18.2 Å². The first kappa shape index (κ1) is 11.7. The third-order valence-electron chi connectivity index (χ3n) is 3.71. The molecule has 18 heavy (non-hydrogen) atoms. The molecule has 4 nitrogen and oxygen atoms in total. The zero-order valence-corrected chi connectivity index (χ0v) is 10.4. The number of carbonyl (C=O) groups is 1. The van der Waals surface area contributed by atoms with E-state index in [-0.39, 0.29) is 11.9 Å². The lowest BCUT2D eigenvalue weighted by Crippen LogP contribution is -2.45. The lowest BCUT2D eigenvalue weighted by atomic mass is 10.0. The summed E-state index contributed by atoms with van der Waals surface area (Å²) in [6, 6.07) is 5.99. The Morgan fingerprint density at radius 1 is 1.33 bits per heavy atom. The minimum atomic E-state index is 0.0971. The number of carbonyl (C=O) groups excluding carboxylic acids is 1. The van der Waals surface area contributed by atoms with Crippen LogP contribution in [0.4, 0.5) is 0 Å². The summed E-state index contributed by atoms with van der Waals surface area (Å²) in [6.45, 7) is 2.78. The molecule has 0 aromatic heterocycles. The van der Waals surface area contributed by atoms with Crippen LogP contribution in [0.5, 0.6) is 0 Å². The van der Waals surface area contributed by atoms with Gasteiger partial charge < -0.3 is 15.4 Å². The lowest BCUT2D eigenvalue weighted by molar-refractivity contribution is 0.0708. The normalized spacial score (nSPS) is 22.9. The van der Waals surface area contributed by atoms with E-state index in [2.05, 4.69) is 0 Å². The highest BCUT2D eigenvalue weighted by atomic mass is 16.5. The quantitative estimate of drug-likeness (QED) is 0.812. The van der Waals surface area contributed by atoms with Crippen molar-refractivity contribution in [2.24, 2.45) is 5.73 Å². The smallest absolute Gasteiger partial charge is 0.253 e. The monoisotopic (exact) mass is 246 g/mol. The van der Waals surface area contributed by atoms with Gasteiger partial charge in [-0.2, -0.15) is 0 Å². The number of nitrogens with zero attached hydrogens (tertiary/aromatic N) is 1. The molecule has 2 heterocycles. The van der Waals surface area contributed by atoms with E-state index in [1.807, 2.05) is 23.1 Å². The Kier molecular flexibility index (Phi) is 3.06. The van der Waals surface area contributed by atoms with Crippen molar-refractivity contribution in [2.45, 2.75) is 32.1 Å². The third-order valence-corrected chi connectivity index (χ3v) is 3.71. The second-order valence-corrected chi connectivity index (χ2v) is 5.13. The Balaban J connectivity index is 1.79. The van der Waals surface area contributed by atoms with Gasteiger partial charge in [0.25, 0.3) is 5.91 Å². The molecule has 1 saturated heterocycles. The average molecular weight is 246 g/mol. The van der Waals surface area contributed by atoms with E-state index in [9.17, 15) is 4.79 Å². The number of benzene rings is 1.